The number of rotatable bonds is 8. The third-order valence-electron chi connectivity index (χ3n) is 18.9. The molecule has 0 amide bonds. The zero-order valence-electron chi connectivity index (χ0n) is 37.3. The van der Waals surface area contributed by atoms with Gasteiger partial charge in [-0.25, -0.2) is 0 Å². The number of hydrogen-bond acceptors (Lipinski definition) is 2. The van der Waals surface area contributed by atoms with Crippen LogP contribution in [-0.2, 0) is 0 Å². The molecule has 0 spiro atoms. The van der Waals surface area contributed by atoms with E-state index in [9.17, 15) is 0 Å². The third kappa shape index (κ3) is 6.17. The van der Waals surface area contributed by atoms with Gasteiger partial charge in [0.25, 0.3) is 0 Å². The van der Waals surface area contributed by atoms with Crippen LogP contribution < -0.4 is 9.80 Å². The molecule has 322 valence electrons. The lowest BCUT2D eigenvalue weighted by atomic mass is 9.51. The first-order valence-electron chi connectivity index (χ1n) is 25.4. The highest BCUT2D eigenvalue weighted by atomic mass is 15.2. The highest BCUT2D eigenvalue weighted by Crippen LogP contribution is 2.76. The second-order valence-electron chi connectivity index (χ2n) is 21.1. The van der Waals surface area contributed by atoms with E-state index in [0.717, 1.165) is 41.4 Å². The van der Waals surface area contributed by atoms with Crippen LogP contribution in [0.2, 0.25) is 0 Å². The summed E-state index contributed by atoms with van der Waals surface area (Å²) in [5, 5.41) is 0. The molecule has 0 saturated heterocycles. The molecule has 2 nitrogen and oxygen atoms in total. The SMILES string of the molecule is C1=C2C3C(CC1)C1C(c4ccccc4)C4C5CCCC6C5C(CCC6N(c5ccccc5)c5ccccc5)C4C(c4ccccc4)C1C3CCC2N(c1ccccc1)c1ccccc1. The lowest BCUT2D eigenvalue weighted by Crippen LogP contribution is -2.49. The lowest BCUT2D eigenvalue weighted by Gasteiger charge is -2.53. The Morgan fingerprint density at radius 3 is 1.23 bits per heavy atom. The zero-order chi connectivity index (χ0) is 42.1. The maximum absolute atomic E-state index is 2.80. The van der Waals surface area contributed by atoms with Crippen LogP contribution in [0.4, 0.5) is 22.7 Å². The molecule has 0 N–H and O–H groups in total. The van der Waals surface area contributed by atoms with Gasteiger partial charge in [0.05, 0.1) is 6.04 Å². The average Bonchev–Trinajstić information content (AvgIpc) is 3.88. The summed E-state index contributed by atoms with van der Waals surface area (Å²) >= 11 is 0. The molecule has 6 aromatic carbocycles. The summed E-state index contributed by atoms with van der Waals surface area (Å²) in [4.78, 5) is 5.54. The van der Waals surface area contributed by atoms with Gasteiger partial charge in [0.2, 0.25) is 0 Å². The number of hydrogen-bond donors (Lipinski definition) is 0. The van der Waals surface area contributed by atoms with Crippen LogP contribution in [0.3, 0.4) is 0 Å². The van der Waals surface area contributed by atoms with Crippen LogP contribution in [0, 0.1) is 65.1 Å². The Kier molecular flexibility index (Phi) is 9.93. The van der Waals surface area contributed by atoms with E-state index in [1.807, 2.05) is 0 Å². The van der Waals surface area contributed by atoms with Gasteiger partial charge in [-0.1, -0.05) is 146 Å². The van der Waals surface area contributed by atoms with Crippen LogP contribution in [0.1, 0.15) is 80.8 Å². The molecule has 0 aromatic heterocycles. The fraction of sp³-hybridized carbons (Fsp3) is 0.387. The molecule has 0 aliphatic heterocycles. The second-order valence-corrected chi connectivity index (χ2v) is 21.1. The van der Waals surface area contributed by atoms with Gasteiger partial charge < -0.3 is 9.80 Å². The van der Waals surface area contributed by atoms with Gasteiger partial charge >= 0.3 is 0 Å². The van der Waals surface area contributed by atoms with Crippen LogP contribution in [-0.4, -0.2) is 12.1 Å². The number of fused-ring (bicyclic) bond motifs is 6. The summed E-state index contributed by atoms with van der Waals surface area (Å²) < 4.78 is 0. The van der Waals surface area contributed by atoms with E-state index in [1.165, 1.54) is 80.5 Å². The van der Waals surface area contributed by atoms with Gasteiger partial charge in [0.15, 0.2) is 0 Å². The predicted molar refractivity (Wildman–Crippen MR) is 264 cm³/mol. The van der Waals surface area contributed by atoms with E-state index in [1.54, 1.807) is 16.7 Å². The van der Waals surface area contributed by atoms with Crippen LogP contribution >= 0.6 is 0 Å². The normalized spacial score (nSPS) is 35.5. The van der Waals surface area contributed by atoms with E-state index in [4.69, 9.17) is 0 Å². The molecule has 15 atom stereocenters. The number of anilines is 4. The van der Waals surface area contributed by atoms with E-state index in [2.05, 4.69) is 198 Å². The first-order chi connectivity index (χ1) is 31.8. The molecule has 2 heteroatoms. The van der Waals surface area contributed by atoms with Crippen molar-refractivity contribution in [2.24, 2.45) is 65.1 Å². The average molecular weight is 837 g/mol. The highest BCUT2D eigenvalue weighted by molar-refractivity contribution is 5.67. The Morgan fingerprint density at radius 2 is 0.719 bits per heavy atom. The maximum Gasteiger partial charge on any atom is 0.0554 e. The van der Waals surface area contributed by atoms with Crippen molar-refractivity contribution in [1.29, 1.82) is 0 Å². The monoisotopic (exact) mass is 837 g/mol. The molecule has 0 radical (unpaired) electrons. The molecule has 0 bridgehead atoms. The summed E-state index contributed by atoms with van der Waals surface area (Å²) in [5.41, 5.74) is 10.5. The van der Waals surface area contributed by atoms with E-state index < -0.39 is 0 Å². The van der Waals surface area contributed by atoms with Crippen LogP contribution in [0.15, 0.2) is 194 Å². The van der Waals surface area contributed by atoms with Gasteiger partial charge in [-0.15, -0.1) is 0 Å². The minimum atomic E-state index is 0.398. The summed E-state index contributed by atoms with van der Waals surface area (Å²) in [5.74, 6) is 9.27. The third-order valence-corrected chi connectivity index (χ3v) is 18.9. The maximum atomic E-state index is 2.80. The molecule has 64 heavy (non-hydrogen) atoms. The molecule has 7 aliphatic carbocycles. The molecule has 13 rings (SSSR count). The topological polar surface area (TPSA) is 6.48 Å². The predicted octanol–water partition coefficient (Wildman–Crippen LogP) is 15.3. The van der Waals surface area contributed by atoms with Gasteiger partial charge in [-0.2, -0.15) is 0 Å². The number of para-hydroxylation sites is 4. The summed E-state index contributed by atoms with van der Waals surface area (Å²) in [7, 11) is 0. The minimum Gasteiger partial charge on any atom is -0.338 e. The number of benzene rings is 6. The van der Waals surface area contributed by atoms with Crippen molar-refractivity contribution in [3.8, 4) is 0 Å². The van der Waals surface area contributed by atoms with Gasteiger partial charge in [-0.3, -0.25) is 0 Å². The quantitative estimate of drug-likeness (QED) is 0.141. The second kappa shape index (κ2) is 16.3. The Balaban J connectivity index is 0.945. The van der Waals surface area contributed by atoms with Crippen molar-refractivity contribution >= 4 is 22.7 Å². The smallest absolute Gasteiger partial charge is 0.0554 e. The van der Waals surface area contributed by atoms with Crippen molar-refractivity contribution in [3.05, 3.63) is 205 Å². The molecule has 7 aliphatic rings. The van der Waals surface area contributed by atoms with Crippen molar-refractivity contribution in [3.63, 3.8) is 0 Å². The van der Waals surface area contributed by atoms with Crippen molar-refractivity contribution in [2.75, 3.05) is 9.80 Å². The molecule has 15 unspecified atom stereocenters. The van der Waals surface area contributed by atoms with Crippen LogP contribution in [0.5, 0.6) is 0 Å². The lowest BCUT2D eigenvalue weighted by molar-refractivity contribution is 0.0190. The van der Waals surface area contributed by atoms with E-state index >= 15 is 0 Å². The summed E-state index contributed by atoms with van der Waals surface area (Å²) in [6.07, 6.45) is 14.7. The fourth-order valence-electron chi connectivity index (χ4n) is 17.4. The number of allylic oxidation sites excluding steroid dienone is 1. The van der Waals surface area contributed by atoms with Gasteiger partial charge in [-0.05, 0) is 194 Å². The Morgan fingerprint density at radius 1 is 0.312 bits per heavy atom. The molecule has 0 heterocycles. The highest BCUT2D eigenvalue weighted by Gasteiger charge is 2.70. The molecule has 6 saturated carbocycles. The first-order valence-corrected chi connectivity index (χ1v) is 25.4. The minimum absolute atomic E-state index is 0.398. The molecule has 6 fully saturated rings. The summed E-state index contributed by atoms with van der Waals surface area (Å²) in [6.45, 7) is 0. The first kappa shape index (κ1) is 39.1. The standard InChI is InChI=1S/C62H64N2/c1-7-21-41(22-8-1)55-59-49-35-19-33-47-53(63(43-25-11-3-12-26-43)44-27-13-4-14-28-44)39-37-51(57(47)49)61(59)56(42-23-9-2-10-24-42)62-52-38-40-54(48-34-20-36-50(58(48)52)60(55)62)64(45-29-15-5-16-30-45)46-31-17-6-18-32-46/h1-18,21-33,48-62H,19-20,34-40H2. The molecule has 6 aromatic rings. The van der Waals surface area contributed by atoms with Gasteiger partial charge in [0.1, 0.15) is 0 Å². The summed E-state index contributed by atoms with van der Waals surface area (Å²) in [6, 6.07) is 71.1. The number of nitrogens with zero attached hydrogens (tertiary/aromatic N) is 2. The van der Waals surface area contributed by atoms with E-state index in [-0.39, 0.29) is 0 Å². The Hall–Kier alpha value is -5.34. The van der Waals surface area contributed by atoms with Crippen LogP contribution in [0.25, 0.3) is 0 Å². The van der Waals surface area contributed by atoms with Crippen molar-refractivity contribution in [1.82, 2.24) is 0 Å². The molecular formula is C62H64N2. The van der Waals surface area contributed by atoms with E-state index in [0.29, 0.717) is 47.6 Å². The zero-order valence-corrected chi connectivity index (χ0v) is 37.3. The Bertz CT molecular complexity index is 2410. The Labute approximate surface area is 382 Å². The van der Waals surface area contributed by atoms with Gasteiger partial charge in [0, 0.05) is 28.8 Å². The molecular weight excluding hydrogens is 773 g/mol. The fourth-order valence-corrected chi connectivity index (χ4v) is 17.4. The largest absolute Gasteiger partial charge is 0.338 e. The van der Waals surface area contributed by atoms with Crippen molar-refractivity contribution in [2.45, 2.75) is 81.7 Å². The van der Waals surface area contributed by atoms with Crippen molar-refractivity contribution < 1.29 is 0 Å².